The number of benzene rings is 2. The Bertz CT molecular complexity index is 1110. The minimum Gasteiger partial charge on any atom is -0.456 e. The molecule has 2 heterocycles. The summed E-state index contributed by atoms with van der Waals surface area (Å²) in [7, 11) is 1.71. The second kappa shape index (κ2) is 5.83. The fourth-order valence-corrected chi connectivity index (χ4v) is 2.89. The number of aliphatic hydroxyl groups is 1. The van der Waals surface area contributed by atoms with E-state index in [1.807, 2.05) is 50.4 Å². The summed E-state index contributed by atoms with van der Waals surface area (Å²) in [6.45, 7) is 7.24. The van der Waals surface area contributed by atoms with Crippen molar-refractivity contribution < 1.29 is 14.2 Å². The number of fused-ring (bicyclic) bond motifs is 4. The molecule has 4 nitrogen and oxygen atoms in total. The van der Waals surface area contributed by atoms with Crippen LogP contribution in [0.15, 0.2) is 53.2 Å². The van der Waals surface area contributed by atoms with Gasteiger partial charge >= 0.3 is 7.48 Å². The third kappa shape index (κ3) is 2.77. The van der Waals surface area contributed by atoms with Crippen molar-refractivity contribution in [2.45, 2.75) is 38.9 Å². The van der Waals surface area contributed by atoms with Crippen LogP contribution in [0.1, 0.15) is 27.7 Å². The maximum absolute atomic E-state index is 10.3. The van der Waals surface area contributed by atoms with Gasteiger partial charge in [-0.3, -0.25) is 4.98 Å². The zero-order chi connectivity index (χ0) is 18.5. The van der Waals surface area contributed by atoms with Crippen molar-refractivity contribution in [1.29, 1.82) is 0 Å². The predicted octanol–water partition coefficient (Wildman–Crippen LogP) is 3.94. The van der Waals surface area contributed by atoms with Gasteiger partial charge in [-0.05, 0) is 62.8 Å². The molecule has 0 aliphatic rings. The molecule has 1 N–H and O–H groups in total. The van der Waals surface area contributed by atoms with Gasteiger partial charge in [0.1, 0.15) is 11.2 Å². The van der Waals surface area contributed by atoms with E-state index in [-0.39, 0.29) is 0 Å². The first kappa shape index (κ1) is 17.1. The molecule has 0 unspecified atom stereocenters. The molecule has 131 valence electrons. The maximum atomic E-state index is 10.3. The van der Waals surface area contributed by atoms with Crippen molar-refractivity contribution >= 4 is 45.7 Å². The molecule has 0 spiro atoms. The van der Waals surface area contributed by atoms with Crippen LogP contribution in [0, 0.1) is 0 Å². The Morgan fingerprint density at radius 3 is 2.62 bits per heavy atom. The molecule has 0 atom stereocenters. The summed E-state index contributed by atoms with van der Waals surface area (Å²) in [6, 6.07) is 12.0. The molecule has 1 radical (unpaired) electrons. The minimum absolute atomic E-state index is 0.729. The molecule has 0 saturated heterocycles. The van der Waals surface area contributed by atoms with Gasteiger partial charge in [-0.15, -0.1) is 0 Å². The first-order valence-electron chi connectivity index (χ1n) is 8.69. The van der Waals surface area contributed by atoms with Crippen molar-refractivity contribution in [1.82, 2.24) is 4.98 Å². The number of aromatic nitrogens is 1. The van der Waals surface area contributed by atoms with Gasteiger partial charge < -0.3 is 14.2 Å². The van der Waals surface area contributed by atoms with Crippen LogP contribution in [0.5, 0.6) is 0 Å². The summed E-state index contributed by atoms with van der Waals surface area (Å²) < 4.78 is 12.0. The monoisotopic (exact) mass is 346 g/mol. The predicted molar refractivity (Wildman–Crippen MR) is 106 cm³/mol. The van der Waals surface area contributed by atoms with E-state index < -0.39 is 11.2 Å². The lowest BCUT2D eigenvalue weighted by Gasteiger charge is -2.37. The van der Waals surface area contributed by atoms with E-state index in [2.05, 4.69) is 11.1 Å². The second-order valence-electron chi connectivity index (χ2n) is 7.70. The molecule has 4 rings (SSSR count). The fourth-order valence-electron chi connectivity index (χ4n) is 2.89. The summed E-state index contributed by atoms with van der Waals surface area (Å²) >= 11 is 0. The van der Waals surface area contributed by atoms with E-state index >= 15 is 0 Å². The lowest BCUT2D eigenvalue weighted by atomic mass is 9.80. The Hall–Kier alpha value is -2.37. The van der Waals surface area contributed by atoms with Crippen molar-refractivity contribution in [3.63, 3.8) is 0 Å². The molecular formula is C21H21BNO3. The molecule has 4 aromatic rings. The number of rotatable bonds is 4. The molecule has 2 aromatic heterocycles. The summed E-state index contributed by atoms with van der Waals surface area (Å²) in [5.41, 5.74) is 0.850. The van der Waals surface area contributed by atoms with Crippen LogP contribution < -0.4 is 5.46 Å². The first-order chi connectivity index (χ1) is 12.3. The zero-order valence-electron chi connectivity index (χ0n) is 15.4. The van der Waals surface area contributed by atoms with Gasteiger partial charge in [-0.25, -0.2) is 0 Å². The normalized spacial score (nSPS) is 13.0. The minimum atomic E-state index is -0.973. The molecule has 5 heteroatoms. The Labute approximate surface area is 153 Å². The number of hydrogen-bond donors (Lipinski definition) is 1. The topological polar surface area (TPSA) is 55.5 Å². The molecular weight excluding hydrogens is 325 g/mol. The van der Waals surface area contributed by atoms with Crippen LogP contribution in [-0.4, -0.2) is 28.8 Å². The summed E-state index contributed by atoms with van der Waals surface area (Å²) in [4.78, 5) is 4.18. The van der Waals surface area contributed by atoms with Crippen molar-refractivity contribution in [3.05, 3.63) is 48.8 Å². The highest BCUT2D eigenvalue weighted by Gasteiger charge is 2.36. The quantitative estimate of drug-likeness (QED) is 0.569. The highest BCUT2D eigenvalue weighted by atomic mass is 16.5. The van der Waals surface area contributed by atoms with Gasteiger partial charge in [0, 0.05) is 28.6 Å². The molecule has 0 aliphatic carbocycles. The first-order valence-corrected chi connectivity index (χ1v) is 8.69. The van der Waals surface area contributed by atoms with E-state index in [0.717, 1.165) is 38.2 Å². The van der Waals surface area contributed by atoms with Crippen molar-refractivity contribution in [2.24, 2.45) is 0 Å². The Morgan fingerprint density at radius 1 is 1.04 bits per heavy atom. The van der Waals surface area contributed by atoms with Crippen LogP contribution >= 0.6 is 0 Å². The molecule has 0 saturated carbocycles. The maximum Gasteiger partial charge on any atom is 0.331 e. The van der Waals surface area contributed by atoms with Crippen LogP contribution in [0.3, 0.4) is 0 Å². The van der Waals surface area contributed by atoms with E-state index in [1.165, 1.54) is 0 Å². The van der Waals surface area contributed by atoms with Gasteiger partial charge in [0.2, 0.25) is 0 Å². The molecule has 26 heavy (non-hydrogen) atoms. The second-order valence-corrected chi connectivity index (χ2v) is 7.70. The highest BCUT2D eigenvalue weighted by Crippen LogP contribution is 2.31. The van der Waals surface area contributed by atoms with E-state index in [1.54, 1.807) is 27.5 Å². The molecule has 0 fully saturated rings. The van der Waals surface area contributed by atoms with Crippen molar-refractivity contribution in [3.8, 4) is 0 Å². The smallest absolute Gasteiger partial charge is 0.331 e. The van der Waals surface area contributed by atoms with Gasteiger partial charge in [0.15, 0.2) is 0 Å². The molecule has 0 aliphatic heterocycles. The summed E-state index contributed by atoms with van der Waals surface area (Å²) in [6.07, 6.45) is 3.63. The van der Waals surface area contributed by atoms with Gasteiger partial charge in [0.05, 0.1) is 11.2 Å². The number of nitrogens with zero attached hydrogens (tertiary/aromatic N) is 1. The third-order valence-corrected chi connectivity index (χ3v) is 5.24. The average Bonchev–Trinajstić information content (AvgIpc) is 2.95. The Balaban J connectivity index is 1.84. The lowest BCUT2D eigenvalue weighted by Crippen LogP contribution is -2.49. The summed E-state index contributed by atoms with van der Waals surface area (Å²) in [5.74, 6) is 0. The standard InChI is InChI=1S/C21H21BNO3/c1-20(2,24)21(3,4)26-22-16-6-5-7-17-19(16)15-10-13-8-9-23-12-14(13)11-18(15)25-17/h5-12,24H,1-4H3. The number of furan rings is 1. The third-order valence-electron chi connectivity index (χ3n) is 5.24. The van der Waals surface area contributed by atoms with Gasteiger partial charge in [-0.1, -0.05) is 12.1 Å². The van der Waals surface area contributed by atoms with E-state index in [4.69, 9.17) is 9.07 Å². The SMILES string of the molecule is CC(C)(O)C(C)(C)O[B]c1cccc2oc3cc4cnccc4cc3c12. The number of hydrogen-bond acceptors (Lipinski definition) is 4. The van der Waals surface area contributed by atoms with Gasteiger partial charge in [0.25, 0.3) is 0 Å². The van der Waals surface area contributed by atoms with Gasteiger partial charge in [-0.2, -0.15) is 0 Å². The molecule has 0 bridgehead atoms. The van der Waals surface area contributed by atoms with Crippen molar-refractivity contribution in [2.75, 3.05) is 0 Å². The largest absolute Gasteiger partial charge is 0.456 e. The average molecular weight is 346 g/mol. The Morgan fingerprint density at radius 2 is 1.85 bits per heavy atom. The molecule has 0 amide bonds. The number of pyridine rings is 1. The van der Waals surface area contributed by atoms with Crippen LogP contribution in [-0.2, 0) is 4.65 Å². The van der Waals surface area contributed by atoms with E-state index in [9.17, 15) is 5.11 Å². The highest BCUT2D eigenvalue weighted by molar-refractivity contribution is 6.53. The van der Waals surface area contributed by atoms with Crippen LogP contribution in [0.2, 0.25) is 0 Å². The fraction of sp³-hybridized carbons (Fsp3) is 0.286. The van der Waals surface area contributed by atoms with E-state index in [0.29, 0.717) is 0 Å². The zero-order valence-corrected chi connectivity index (χ0v) is 15.4. The lowest BCUT2D eigenvalue weighted by molar-refractivity contribution is -0.0893. The Kier molecular flexibility index (Phi) is 3.83. The molecule has 2 aromatic carbocycles. The van der Waals surface area contributed by atoms with Crippen LogP contribution in [0.4, 0.5) is 0 Å². The summed E-state index contributed by atoms with van der Waals surface area (Å²) in [5, 5.41) is 14.5. The van der Waals surface area contributed by atoms with Crippen LogP contribution in [0.25, 0.3) is 32.7 Å².